The topological polar surface area (TPSA) is 93.9 Å². The van der Waals surface area contributed by atoms with Crippen LogP contribution < -0.4 is 0 Å². The van der Waals surface area contributed by atoms with Gasteiger partial charge in [-0.15, -0.1) is 0 Å². The van der Waals surface area contributed by atoms with Crippen LogP contribution in [0.25, 0.3) is 33.3 Å². The quantitative estimate of drug-likeness (QED) is 0.307. The van der Waals surface area contributed by atoms with Crippen molar-refractivity contribution in [3.05, 3.63) is 89.3 Å². The zero-order chi connectivity index (χ0) is 24.5. The van der Waals surface area contributed by atoms with Gasteiger partial charge in [0.2, 0.25) is 0 Å². The zero-order valence-corrected chi connectivity index (χ0v) is 20.1. The van der Waals surface area contributed by atoms with Crippen molar-refractivity contribution in [3.63, 3.8) is 0 Å². The number of carbonyl (C=O) groups is 1. The van der Waals surface area contributed by atoms with E-state index in [1.165, 1.54) is 7.11 Å². The van der Waals surface area contributed by atoms with Crippen molar-refractivity contribution in [1.82, 2.24) is 20.1 Å². The standard InChI is InChI=1S/C28H26N4O3/c1-16(13-21-7-5-6-12-29-21)24-23(25-17(2)32-35-18(25)3)15-30-26-22(14-31-27(24)26)19-8-10-20(11-9-19)28(33)34-4/h5-12,14-16,31H,13H2,1-4H3. The first-order valence-electron chi connectivity index (χ1n) is 11.5. The Morgan fingerprint density at radius 3 is 2.54 bits per heavy atom. The Morgan fingerprint density at radius 2 is 1.89 bits per heavy atom. The van der Waals surface area contributed by atoms with Crippen LogP contribution in [0, 0.1) is 13.8 Å². The van der Waals surface area contributed by atoms with Gasteiger partial charge in [0.1, 0.15) is 5.76 Å². The number of nitrogens with one attached hydrogen (secondary N) is 1. The number of methoxy groups -OCH3 is 1. The molecule has 0 aliphatic rings. The van der Waals surface area contributed by atoms with E-state index in [1.807, 2.05) is 62.8 Å². The lowest BCUT2D eigenvalue weighted by atomic mass is 9.88. The van der Waals surface area contributed by atoms with Crippen LogP contribution >= 0.6 is 0 Å². The molecule has 0 saturated carbocycles. The molecule has 7 heteroatoms. The van der Waals surface area contributed by atoms with Crippen LogP contribution in [0.1, 0.15) is 45.9 Å². The van der Waals surface area contributed by atoms with Gasteiger partial charge in [-0.2, -0.15) is 0 Å². The molecule has 0 amide bonds. The smallest absolute Gasteiger partial charge is 0.337 e. The second-order valence-corrected chi connectivity index (χ2v) is 8.71. The lowest BCUT2D eigenvalue weighted by molar-refractivity contribution is 0.0600. The number of pyridine rings is 2. The molecule has 1 N–H and O–H groups in total. The minimum atomic E-state index is -0.358. The van der Waals surface area contributed by atoms with Crippen LogP contribution in [0.15, 0.2) is 65.6 Å². The Bertz CT molecular complexity index is 1480. The van der Waals surface area contributed by atoms with Gasteiger partial charge < -0.3 is 14.2 Å². The number of esters is 1. The maximum atomic E-state index is 11.8. The number of nitrogens with zero attached hydrogens (tertiary/aromatic N) is 3. The average Bonchev–Trinajstić information content (AvgIpc) is 3.46. The van der Waals surface area contributed by atoms with Crippen LogP contribution in [0.3, 0.4) is 0 Å². The summed E-state index contributed by atoms with van der Waals surface area (Å²) in [7, 11) is 1.38. The summed E-state index contributed by atoms with van der Waals surface area (Å²) in [6.07, 6.45) is 6.49. The van der Waals surface area contributed by atoms with Crippen molar-refractivity contribution >= 4 is 17.0 Å². The summed E-state index contributed by atoms with van der Waals surface area (Å²) in [5.74, 6) is 0.552. The maximum absolute atomic E-state index is 11.8. The molecule has 35 heavy (non-hydrogen) atoms. The molecule has 5 aromatic rings. The van der Waals surface area contributed by atoms with E-state index >= 15 is 0 Å². The van der Waals surface area contributed by atoms with Crippen molar-refractivity contribution in [2.75, 3.05) is 7.11 Å². The Morgan fingerprint density at radius 1 is 1.09 bits per heavy atom. The SMILES string of the molecule is COC(=O)c1ccc(-c2c[nH]c3c(C(C)Cc4ccccn4)c(-c4c(C)noc4C)cnc23)cc1. The second-order valence-electron chi connectivity index (χ2n) is 8.71. The number of ether oxygens (including phenoxy) is 1. The molecule has 0 radical (unpaired) electrons. The summed E-state index contributed by atoms with van der Waals surface area (Å²) < 4.78 is 10.3. The fourth-order valence-corrected chi connectivity index (χ4v) is 4.73. The number of hydrogen-bond acceptors (Lipinski definition) is 6. The highest BCUT2D eigenvalue weighted by molar-refractivity contribution is 5.98. The van der Waals surface area contributed by atoms with E-state index in [-0.39, 0.29) is 11.9 Å². The molecule has 0 spiro atoms. The molecule has 0 aliphatic carbocycles. The van der Waals surface area contributed by atoms with E-state index in [9.17, 15) is 4.79 Å². The average molecular weight is 467 g/mol. The number of aryl methyl sites for hydroxylation is 2. The minimum Gasteiger partial charge on any atom is -0.465 e. The van der Waals surface area contributed by atoms with Crippen molar-refractivity contribution in [3.8, 4) is 22.3 Å². The number of aromatic nitrogens is 4. The van der Waals surface area contributed by atoms with Gasteiger partial charge in [0.25, 0.3) is 0 Å². The van der Waals surface area contributed by atoms with E-state index in [2.05, 4.69) is 22.0 Å². The first-order chi connectivity index (χ1) is 17.0. The molecule has 5 rings (SSSR count). The fourth-order valence-electron chi connectivity index (χ4n) is 4.73. The van der Waals surface area contributed by atoms with Gasteiger partial charge >= 0.3 is 5.97 Å². The first-order valence-corrected chi connectivity index (χ1v) is 11.5. The van der Waals surface area contributed by atoms with E-state index in [4.69, 9.17) is 14.2 Å². The number of benzene rings is 1. The molecule has 4 aromatic heterocycles. The van der Waals surface area contributed by atoms with Gasteiger partial charge in [0, 0.05) is 41.0 Å². The largest absolute Gasteiger partial charge is 0.465 e. The molecule has 0 bridgehead atoms. The highest BCUT2D eigenvalue weighted by Gasteiger charge is 2.24. The third-order valence-electron chi connectivity index (χ3n) is 6.39. The summed E-state index contributed by atoms with van der Waals surface area (Å²) in [5.41, 5.74) is 9.26. The van der Waals surface area contributed by atoms with Crippen LogP contribution in [0.5, 0.6) is 0 Å². The zero-order valence-electron chi connectivity index (χ0n) is 20.1. The molecule has 0 fully saturated rings. The van der Waals surface area contributed by atoms with Gasteiger partial charge in [-0.25, -0.2) is 4.79 Å². The summed E-state index contributed by atoms with van der Waals surface area (Å²) in [5, 5.41) is 4.18. The lowest BCUT2D eigenvalue weighted by Crippen LogP contribution is -2.05. The summed E-state index contributed by atoms with van der Waals surface area (Å²) in [6.45, 7) is 6.08. The van der Waals surface area contributed by atoms with Crippen LogP contribution in [-0.4, -0.2) is 33.2 Å². The monoisotopic (exact) mass is 466 g/mol. The van der Waals surface area contributed by atoms with Gasteiger partial charge in [0.05, 0.1) is 29.4 Å². The van der Waals surface area contributed by atoms with E-state index in [0.717, 1.165) is 62.4 Å². The molecule has 1 unspecified atom stereocenters. The fraction of sp³-hybridized carbons (Fsp3) is 0.214. The Balaban J connectivity index is 1.66. The van der Waals surface area contributed by atoms with Gasteiger partial charge in [-0.3, -0.25) is 9.97 Å². The number of H-pyrrole nitrogens is 1. The number of hydrogen-bond donors (Lipinski definition) is 1. The van der Waals surface area contributed by atoms with E-state index in [1.54, 1.807) is 12.1 Å². The molecule has 1 atom stereocenters. The van der Waals surface area contributed by atoms with Crippen molar-refractivity contribution in [2.45, 2.75) is 33.1 Å². The number of rotatable bonds is 6. The predicted octanol–water partition coefficient (Wildman–Crippen LogP) is 6.03. The van der Waals surface area contributed by atoms with Gasteiger partial charge in [-0.1, -0.05) is 30.3 Å². The maximum Gasteiger partial charge on any atom is 0.337 e. The van der Waals surface area contributed by atoms with Crippen molar-refractivity contribution < 1.29 is 14.1 Å². The third kappa shape index (κ3) is 4.10. The first kappa shape index (κ1) is 22.5. The van der Waals surface area contributed by atoms with E-state index in [0.29, 0.717) is 5.56 Å². The minimum absolute atomic E-state index is 0.146. The van der Waals surface area contributed by atoms with Crippen LogP contribution in [0.4, 0.5) is 0 Å². The van der Waals surface area contributed by atoms with Gasteiger partial charge in [-0.05, 0) is 61.6 Å². The summed E-state index contributed by atoms with van der Waals surface area (Å²) >= 11 is 0. The Labute approximate surface area is 203 Å². The molecule has 0 aliphatic heterocycles. The van der Waals surface area contributed by atoms with E-state index < -0.39 is 0 Å². The molecule has 7 nitrogen and oxygen atoms in total. The normalized spacial score (nSPS) is 12.1. The van der Waals surface area contributed by atoms with Gasteiger partial charge in [0.15, 0.2) is 0 Å². The predicted molar refractivity (Wildman–Crippen MR) is 134 cm³/mol. The van der Waals surface area contributed by atoms with Crippen LogP contribution in [0.2, 0.25) is 0 Å². The highest BCUT2D eigenvalue weighted by atomic mass is 16.5. The molecule has 4 heterocycles. The third-order valence-corrected chi connectivity index (χ3v) is 6.39. The lowest BCUT2D eigenvalue weighted by Gasteiger charge is -2.17. The van der Waals surface area contributed by atoms with Crippen LogP contribution in [-0.2, 0) is 11.2 Å². The molecular weight excluding hydrogens is 440 g/mol. The Kier molecular flexibility index (Phi) is 5.91. The molecule has 0 saturated heterocycles. The number of aromatic amines is 1. The molecule has 1 aromatic carbocycles. The number of fused-ring (bicyclic) bond motifs is 1. The molecule has 176 valence electrons. The Hall–Kier alpha value is -4.26. The number of carbonyl (C=O) groups excluding carboxylic acids is 1. The summed E-state index contributed by atoms with van der Waals surface area (Å²) in [4.78, 5) is 24.7. The van der Waals surface area contributed by atoms with Crippen molar-refractivity contribution in [1.29, 1.82) is 0 Å². The summed E-state index contributed by atoms with van der Waals surface area (Å²) in [6, 6.07) is 13.3. The van der Waals surface area contributed by atoms with Crippen molar-refractivity contribution in [2.24, 2.45) is 0 Å². The second kappa shape index (κ2) is 9.18. The highest BCUT2D eigenvalue weighted by Crippen LogP contribution is 2.40. The molecular formula is C28H26N4O3.